The SMILES string of the molecule is CN=C(NCc1ccccn1)NCC(C)Oc1ccccc1OC. The number of para-hydroxylation sites is 2. The van der Waals surface area contributed by atoms with Crippen LogP contribution < -0.4 is 20.1 Å². The number of aliphatic imine (C=N–C) groups is 1. The van der Waals surface area contributed by atoms with Crippen molar-refractivity contribution in [1.29, 1.82) is 0 Å². The van der Waals surface area contributed by atoms with E-state index < -0.39 is 0 Å². The molecule has 2 aromatic rings. The summed E-state index contributed by atoms with van der Waals surface area (Å²) in [5.74, 6) is 2.16. The molecule has 24 heavy (non-hydrogen) atoms. The lowest BCUT2D eigenvalue weighted by atomic mass is 10.3. The van der Waals surface area contributed by atoms with Gasteiger partial charge in [0, 0.05) is 13.2 Å². The maximum absolute atomic E-state index is 5.91. The van der Waals surface area contributed by atoms with Gasteiger partial charge in [-0.05, 0) is 31.2 Å². The molecule has 1 aromatic heterocycles. The zero-order chi connectivity index (χ0) is 17.2. The topological polar surface area (TPSA) is 67.8 Å². The van der Waals surface area contributed by atoms with E-state index >= 15 is 0 Å². The summed E-state index contributed by atoms with van der Waals surface area (Å²) in [6, 6.07) is 13.4. The van der Waals surface area contributed by atoms with Crippen LogP contribution in [0.3, 0.4) is 0 Å². The second-order valence-corrected chi connectivity index (χ2v) is 5.21. The minimum absolute atomic E-state index is 0.0466. The van der Waals surface area contributed by atoms with Crippen LogP contribution in [0.1, 0.15) is 12.6 Å². The molecule has 0 radical (unpaired) electrons. The summed E-state index contributed by atoms with van der Waals surface area (Å²) in [5, 5.41) is 6.47. The molecule has 0 aliphatic carbocycles. The molecule has 0 aliphatic heterocycles. The highest BCUT2D eigenvalue weighted by molar-refractivity contribution is 5.79. The fourth-order valence-electron chi connectivity index (χ4n) is 2.11. The van der Waals surface area contributed by atoms with Gasteiger partial charge in [-0.2, -0.15) is 0 Å². The number of aromatic nitrogens is 1. The van der Waals surface area contributed by atoms with Crippen molar-refractivity contribution in [3.8, 4) is 11.5 Å². The van der Waals surface area contributed by atoms with E-state index in [0.29, 0.717) is 19.0 Å². The molecule has 1 aromatic carbocycles. The Morgan fingerprint density at radius 1 is 1.12 bits per heavy atom. The first-order chi connectivity index (χ1) is 11.7. The number of nitrogens with one attached hydrogen (secondary N) is 2. The summed E-state index contributed by atoms with van der Waals surface area (Å²) in [4.78, 5) is 8.47. The molecule has 0 saturated carbocycles. The quantitative estimate of drug-likeness (QED) is 0.602. The maximum atomic E-state index is 5.91. The minimum Gasteiger partial charge on any atom is -0.493 e. The third-order valence-electron chi connectivity index (χ3n) is 3.34. The molecule has 2 rings (SSSR count). The van der Waals surface area contributed by atoms with Crippen LogP contribution in [0.4, 0.5) is 0 Å². The van der Waals surface area contributed by atoms with Gasteiger partial charge in [-0.3, -0.25) is 9.98 Å². The first-order valence-corrected chi connectivity index (χ1v) is 7.87. The van der Waals surface area contributed by atoms with Gasteiger partial charge in [-0.15, -0.1) is 0 Å². The summed E-state index contributed by atoms with van der Waals surface area (Å²) in [5.41, 5.74) is 0.957. The molecule has 128 valence electrons. The van der Waals surface area contributed by atoms with Gasteiger partial charge in [-0.1, -0.05) is 18.2 Å². The van der Waals surface area contributed by atoms with Gasteiger partial charge in [0.1, 0.15) is 6.10 Å². The Hall–Kier alpha value is -2.76. The van der Waals surface area contributed by atoms with Crippen LogP contribution in [-0.2, 0) is 6.54 Å². The maximum Gasteiger partial charge on any atom is 0.191 e. The minimum atomic E-state index is -0.0466. The monoisotopic (exact) mass is 328 g/mol. The van der Waals surface area contributed by atoms with E-state index in [2.05, 4.69) is 20.6 Å². The van der Waals surface area contributed by atoms with Crippen LogP contribution >= 0.6 is 0 Å². The van der Waals surface area contributed by atoms with Crippen molar-refractivity contribution in [2.75, 3.05) is 20.7 Å². The van der Waals surface area contributed by atoms with Crippen LogP contribution in [0.5, 0.6) is 11.5 Å². The predicted molar refractivity (Wildman–Crippen MR) is 95.5 cm³/mol. The molecule has 1 atom stereocenters. The normalized spacial score (nSPS) is 12.4. The van der Waals surface area contributed by atoms with Gasteiger partial charge in [0.25, 0.3) is 0 Å². The van der Waals surface area contributed by atoms with Crippen LogP contribution in [0.2, 0.25) is 0 Å². The van der Waals surface area contributed by atoms with E-state index in [1.165, 1.54) is 0 Å². The number of ether oxygens (including phenoxy) is 2. The molecule has 0 amide bonds. The number of benzene rings is 1. The highest BCUT2D eigenvalue weighted by Crippen LogP contribution is 2.26. The highest BCUT2D eigenvalue weighted by Gasteiger charge is 2.09. The molecule has 2 N–H and O–H groups in total. The Morgan fingerprint density at radius 3 is 2.54 bits per heavy atom. The number of pyridine rings is 1. The van der Waals surface area contributed by atoms with Crippen molar-refractivity contribution in [2.24, 2.45) is 4.99 Å². The lowest BCUT2D eigenvalue weighted by molar-refractivity contribution is 0.213. The number of guanidine groups is 1. The van der Waals surface area contributed by atoms with Crippen molar-refractivity contribution in [1.82, 2.24) is 15.6 Å². The van der Waals surface area contributed by atoms with Gasteiger partial charge < -0.3 is 20.1 Å². The average molecular weight is 328 g/mol. The van der Waals surface area contributed by atoms with E-state index in [0.717, 1.165) is 17.2 Å². The third-order valence-corrected chi connectivity index (χ3v) is 3.34. The van der Waals surface area contributed by atoms with Crippen LogP contribution in [0.25, 0.3) is 0 Å². The van der Waals surface area contributed by atoms with E-state index in [1.54, 1.807) is 20.4 Å². The zero-order valence-electron chi connectivity index (χ0n) is 14.3. The first kappa shape index (κ1) is 17.6. The predicted octanol–water partition coefficient (Wildman–Crippen LogP) is 2.22. The Bertz CT molecular complexity index is 646. The third kappa shape index (κ3) is 5.46. The largest absolute Gasteiger partial charge is 0.493 e. The smallest absolute Gasteiger partial charge is 0.191 e. The summed E-state index contributed by atoms with van der Waals surface area (Å²) in [6.07, 6.45) is 1.73. The summed E-state index contributed by atoms with van der Waals surface area (Å²) in [7, 11) is 3.37. The molecule has 0 spiro atoms. The van der Waals surface area contributed by atoms with Gasteiger partial charge in [-0.25, -0.2) is 0 Å². The van der Waals surface area contributed by atoms with Crippen LogP contribution in [0, 0.1) is 0 Å². The number of hydrogen-bond donors (Lipinski definition) is 2. The Kier molecular flexibility index (Phi) is 6.89. The second-order valence-electron chi connectivity index (χ2n) is 5.21. The fourth-order valence-corrected chi connectivity index (χ4v) is 2.11. The molecular weight excluding hydrogens is 304 g/mol. The molecule has 0 aliphatic rings. The lowest BCUT2D eigenvalue weighted by Crippen LogP contribution is -2.41. The van der Waals surface area contributed by atoms with Crippen LogP contribution in [-0.4, -0.2) is 37.7 Å². The molecular formula is C18H24N4O2. The van der Waals surface area contributed by atoms with E-state index in [9.17, 15) is 0 Å². The molecule has 0 saturated heterocycles. The van der Waals surface area contributed by atoms with Crippen molar-refractivity contribution in [3.05, 3.63) is 54.4 Å². The lowest BCUT2D eigenvalue weighted by Gasteiger charge is -2.19. The van der Waals surface area contributed by atoms with Crippen molar-refractivity contribution >= 4 is 5.96 Å². The van der Waals surface area contributed by atoms with Crippen molar-refractivity contribution in [2.45, 2.75) is 19.6 Å². The Balaban J connectivity index is 1.80. The van der Waals surface area contributed by atoms with Gasteiger partial charge in [0.05, 0.1) is 25.9 Å². The zero-order valence-corrected chi connectivity index (χ0v) is 14.3. The number of nitrogens with zero attached hydrogens (tertiary/aromatic N) is 2. The molecule has 6 heteroatoms. The number of methoxy groups -OCH3 is 1. The van der Waals surface area contributed by atoms with Crippen molar-refractivity contribution in [3.63, 3.8) is 0 Å². The van der Waals surface area contributed by atoms with E-state index in [-0.39, 0.29) is 6.10 Å². The number of hydrogen-bond acceptors (Lipinski definition) is 4. The van der Waals surface area contributed by atoms with Gasteiger partial charge in [0.15, 0.2) is 17.5 Å². The Labute approximate surface area is 142 Å². The van der Waals surface area contributed by atoms with Crippen molar-refractivity contribution < 1.29 is 9.47 Å². The van der Waals surface area contributed by atoms with Gasteiger partial charge >= 0.3 is 0 Å². The molecule has 1 heterocycles. The summed E-state index contributed by atoms with van der Waals surface area (Å²) >= 11 is 0. The Morgan fingerprint density at radius 2 is 1.88 bits per heavy atom. The summed E-state index contributed by atoms with van der Waals surface area (Å²) < 4.78 is 11.2. The molecule has 0 bridgehead atoms. The highest BCUT2D eigenvalue weighted by atomic mass is 16.5. The van der Waals surface area contributed by atoms with E-state index in [1.807, 2.05) is 49.4 Å². The molecule has 6 nitrogen and oxygen atoms in total. The standard InChI is InChI=1S/C18H24N4O2/c1-14(24-17-10-5-4-9-16(17)23-3)12-21-18(19-2)22-13-15-8-6-7-11-20-15/h4-11,14H,12-13H2,1-3H3,(H2,19,21,22). The second kappa shape index (κ2) is 9.39. The van der Waals surface area contributed by atoms with Gasteiger partial charge in [0.2, 0.25) is 0 Å². The van der Waals surface area contributed by atoms with E-state index in [4.69, 9.17) is 9.47 Å². The molecule has 1 unspecified atom stereocenters. The number of rotatable bonds is 7. The van der Waals surface area contributed by atoms with Crippen LogP contribution in [0.15, 0.2) is 53.7 Å². The average Bonchev–Trinajstić information content (AvgIpc) is 2.63. The molecule has 0 fully saturated rings. The fraction of sp³-hybridized carbons (Fsp3) is 0.333. The summed E-state index contributed by atoms with van der Waals surface area (Å²) in [6.45, 7) is 3.22. The first-order valence-electron chi connectivity index (χ1n) is 7.87.